The molecule has 1 rings (SSSR count). The Bertz CT molecular complexity index is 388. The lowest BCUT2D eigenvalue weighted by Crippen LogP contribution is -2.30. The summed E-state index contributed by atoms with van der Waals surface area (Å²) >= 11 is 5.39. The summed E-state index contributed by atoms with van der Waals surface area (Å²) in [5, 5.41) is 0. The van der Waals surface area contributed by atoms with Crippen molar-refractivity contribution in [3.8, 4) is 0 Å². The molecule has 0 aliphatic carbocycles. The van der Waals surface area contributed by atoms with E-state index in [1.54, 1.807) is 0 Å². The fourth-order valence-corrected chi connectivity index (χ4v) is 1.42. The van der Waals surface area contributed by atoms with E-state index in [2.05, 4.69) is 0 Å². The molecular weight excluding hydrogens is 243 g/mol. The first-order valence-electron chi connectivity index (χ1n) is 4.43. The van der Waals surface area contributed by atoms with Crippen LogP contribution in [0.3, 0.4) is 0 Å². The van der Waals surface area contributed by atoms with Gasteiger partial charge in [-0.25, -0.2) is 13.2 Å². The van der Waals surface area contributed by atoms with E-state index in [0.717, 1.165) is 4.90 Å². The summed E-state index contributed by atoms with van der Waals surface area (Å²) < 4.78 is 39.0. The molecule has 88 valence electrons. The largest absolute Gasteiger partial charge is 0.340 e. The van der Waals surface area contributed by atoms with Gasteiger partial charge in [0.15, 0.2) is 0 Å². The smallest absolute Gasteiger partial charge is 0.259 e. The predicted molar refractivity (Wildman–Crippen MR) is 54.0 cm³/mol. The van der Waals surface area contributed by atoms with Crippen molar-refractivity contribution in [3.05, 3.63) is 35.1 Å². The molecule has 0 heterocycles. The van der Waals surface area contributed by atoms with Crippen molar-refractivity contribution >= 4 is 17.5 Å². The molecule has 0 radical (unpaired) electrons. The summed E-state index contributed by atoms with van der Waals surface area (Å²) in [6.45, 7) is 0.149. The van der Waals surface area contributed by atoms with Gasteiger partial charge in [0, 0.05) is 31.6 Å². The molecule has 0 atom stereocenters. The van der Waals surface area contributed by atoms with Crippen molar-refractivity contribution in [3.63, 3.8) is 0 Å². The molecule has 0 fully saturated rings. The average Bonchev–Trinajstić information content (AvgIpc) is 2.16. The maximum Gasteiger partial charge on any atom is 0.259 e. The zero-order valence-corrected chi connectivity index (χ0v) is 9.19. The lowest BCUT2D eigenvalue weighted by Gasteiger charge is -2.16. The molecule has 16 heavy (non-hydrogen) atoms. The Kier molecular flexibility index (Phi) is 4.18. The highest BCUT2D eigenvalue weighted by Crippen LogP contribution is 2.16. The van der Waals surface area contributed by atoms with Crippen LogP contribution >= 0.6 is 11.6 Å². The van der Waals surface area contributed by atoms with Crippen molar-refractivity contribution in [2.75, 3.05) is 19.5 Å². The lowest BCUT2D eigenvalue weighted by atomic mass is 10.1. The van der Waals surface area contributed by atoms with Gasteiger partial charge < -0.3 is 4.90 Å². The third kappa shape index (κ3) is 2.66. The molecule has 0 unspecified atom stereocenters. The van der Waals surface area contributed by atoms with Crippen molar-refractivity contribution in [2.45, 2.75) is 0 Å². The second-order valence-corrected chi connectivity index (χ2v) is 3.54. The topological polar surface area (TPSA) is 20.3 Å². The van der Waals surface area contributed by atoms with Gasteiger partial charge in [0.2, 0.25) is 0 Å². The molecule has 0 N–H and O–H groups in total. The molecule has 0 saturated carbocycles. The number of halogens is 4. The highest BCUT2D eigenvalue weighted by Gasteiger charge is 2.21. The van der Waals surface area contributed by atoms with Crippen LogP contribution in [0.2, 0.25) is 0 Å². The molecule has 0 aliphatic heterocycles. The number of nitrogens with zero attached hydrogens (tertiary/aromatic N) is 1. The zero-order valence-electron chi connectivity index (χ0n) is 8.44. The minimum absolute atomic E-state index is 0.146. The lowest BCUT2D eigenvalue weighted by molar-refractivity contribution is 0.0793. The van der Waals surface area contributed by atoms with Crippen LogP contribution in [-0.4, -0.2) is 30.3 Å². The van der Waals surface area contributed by atoms with Crippen LogP contribution in [0, 0.1) is 17.5 Å². The summed E-state index contributed by atoms with van der Waals surface area (Å²) in [5.41, 5.74) is -0.769. The van der Waals surface area contributed by atoms with E-state index in [1.807, 2.05) is 0 Å². The summed E-state index contributed by atoms with van der Waals surface area (Å²) in [6, 6.07) is 0.926. The fraction of sp³-hybridized carbons (Fsp3) is 0.300. The second-order valence-electron chi connectivity index (χ2n) is 3.16. The summed E-state index contributed by atoms with van der Waals surface area (Å²) in [6.07, 6.45) is 0. The quantitative estimate of drug-likeness (QED) is 0.756. The maximum atomic E-state index is 13.2. The Balaban J connectivity index is 3.08. The standard InChI is InChI=1S/C10H9ClF3NO/c1-15(3-2-11)10(16)9-7(13)4-6(12)5-8(9)14/h4-5H,2-3H2,1H3. The number of rotatable bonds is 3. The first-order valence-corrected chi connectivity index (χ1v) is 4.96. The first kappa shape index (κ1) is 12.8. The Hall–Kier alpha value is -1.23. The van der Waals surface area contributed by atoms with Crippen LogP contribution in [-0.2, 0) is 0 Å². The SMILES string of the molecule is CN(CCCl)C(=O)c1c(F)cc(F)cc1F. The van der Waals surface area contributed by atoms with Crippen LogP contribution < -0.4 is 0 Å². The van der Waals surface area contributed by atoms with Crippen LogP contribution in [0.5, 0.6) is 0 Å². The number of carbonyl (C=O) groups excluding carboxylic acids is 1. The van der Waals surface area contributed by atoms with E-state index in [1.165, 1.54) is 7.05 Å². The van der Waals surface area contributed by atoms with Gasteiger partial charge >= 0.3 is 0 Å². The summed E-state index contributed by atoms with van der Waals surface area (Å²) in [5.74, 6) is -4.22. The number of benzene rings is 1. The highest BCUT2D eigenvalue weighted by atomic mass is 35.5. The normalized spacial score (nSPS) is 10.3. The number of hydrogen-bond acceptors (Lipinski definition) is 1. The molecule has 0 bridgehead atoms. The van der Waals surface area contributed by atoms with E-state index in [9.17, 15) is 18.0 Å². The van der Waals surface area contributed by atoms with E-state index < -0.39 is 28.9 Å². The van der Waals surface area contributed by atoms with E-state index in [0.29, 0.717) is 12.1 Å². The highest BCUT2D eigenvalue weighted by molar-refractivity contribution is 6.18. The van der Waals surface area contributed by atoms with Gasteiger partial charge in [0.05, 0.1) is 0 Å². The minimum Gasteiger partial charge on any atom is -0.340 e. The van der Waals surface area contributed by atoms with Gasteiger partial charge in [0.1, 0.15) is 23.0 Å². The molecule has 1 aromatic rings. The third-order valence-electron chi connectivity index (χ3n) is 1.99. The molecule has 0 aliphatic rings. The summed E-state index contributed by atoms with van der Waals surface area (Å²) in [4.78, 5) is 12.6. The number of carbonyl (C=O) groups is 1. The van der Waals surface area contributed by atoms with Crippen molar-refractivity contribution < 1.29 is 18.0 Å². The first-order chi connectivity index (χ1) is 7.47. The van der Waals surface area contributed by atoms with Gasteiger partial charge in [-0.05, 0) is 0 Å². The van der Waals surface area contributed by atoms with E-state index in [4.69, 9.17) is 11.6 Å². The van der Waals surface area contributed by atoms with Crippen molar-refractivity contribution in [1.29, 1.82) is 0 Å². The van der Waals surface area contributed by atoms with Crippen LogP contribution in [0.1, 0.15) is 10.4 Å². The van der Waals surface area contributed by atoms with E-state index in [-0.39, 0.29) is 12.4 Å². The van der Waals surface area contributed by atoms with Crippen molar-refractivity contribution in [1.82, 2.24) is 4.90 Å². The Labute approximate surface area is 95.6 Å². The Morgan fingerprint density at radius 1 is 1.31 bits per heavy atom. The average molecular weight is 252 g/mol. The molecule has 1 aromatic carbocycles. The van der Waals surface area contributed by atoms with E-state index >= 15 is 0 Å². The zero-order chi connectivity index (χ0) is 12.3. The van der Waals surface area contributed by atoms with Gasteiger partial charge in [-0.2, -0.15) is 0 Å². The molecule has 6 heteroatoms. The second kappa shape index (κ2) is 5.21. The fourth-order valence-electron chi connectivity index (χ4n) is 1.17. The molecule has 1 amide bonds. The maximum absolute atomic E-state index is 13.2. The Morgan fingerprint density at radius 3 is 2.25 bits per heavy atom. The van der Waals surface area contributed by atoms with Crippen molar-refractivity contribution in [2.24, 2.45) is 0 Å². The molecular formula is C10H9ClF3NO. The molecule has 0 spiro atoms. The van der Waals surface area contributed by atoms with Gasteiger partial charge in [-0.15, -0.1) is 11.6 Å². The number of amides is 1. The number of alkyl halides is 1. The summed E-state index contributed by atoms with van der Waals surface area (Å²) in [7, 11) is 1.35. The molecule has 2 nitrogen and oxygen atoms in total. The molecule has 0 saturated heterocycles. The minimum atomic E-state index is -1.22. The van der Waals surface area contributed by atoms with Gasteiger partial charge in [-0.1, -0.05) is 0 Å². The number of hydrogen-bond donors (Lipinski definition) is 0. The van der Waals surface area contributed by atoms with Crippen LogP contribution in [0.25, 0.3) is 0 Å². The van der Waals surface area contributed by atoms with Gasteiger partial charge in [-0.3, -0.25) is 4.79 Å². The predicted octanol–water partition coefficient (Wildman–Crippen LogP) is 2.41. The van der Waals surface area contributed by atoms with Crippen LogP contribution in [0.15, 0.2) is 12.1 Å². The monoisotopic (exact) mass is 251 g/mol. The molecule has 0 aromatic heterocycles. The van der Waals surface area contributed by atoms with Gasteiger partial charge in [0.25, 0.3) is 5.91 Å². The third-order valence-corrected chi connectivity index (χ3v) is 2.16. The Morgan fingerprint density at radius 2 is 1.81 bits per heavy atom. The van der Waals surface area contributed by atoms with Crippen LogP contribution in [0.4, 0.5) is 13.2 Å².